The van der Waals surface area contributed by atoms with Crippen LogP contribution >= 0.6 is 11.3 Å². The largest absolute Gasteiger partial charge is 0.383 e. The number of carbonyl (C=O) groups excluding carboxylic acids is 1. The number of hydrogen-bond acceptors (Lipinski definition) is 4. The van der Waals surface area contributed by atoms with Gasteiger partial charge in [0.1, 0.15) is 5.82 Å². The molecule has 1 aromatic heterocycles. The van der Waals surface area contributed by atoms with E-state index in [2.05, 4.69) is 10.3 Å². The van der Waals surface area contributed by atoms with Gasteiger partial charge >= 0.3 is 0 Å². The van der Waals surface area contributed by atoms with Crippen molar-refractivity contribution in [3.63, 3.8) is 0 Å². The molecule has 0 fully saturated rings. The molecule has 2 rings (SSSR count). The molecule has 5 heteroatoms. The van der Waals surface area contributed by atoms with Gasteiger partial charge in [-0.2, -0.15) is 0 Å². The fraction of sp³-hybridized carbons (Fsp3) is 0.0909. The zero-order chi connectivity index (χ0) is 11.5. The van der Waals surface area contributed by atoms with Crippen LogP contribution in [0.2, 0.25) is 0 Å². The minimum Gasteiger partial charge on any atom is -0.383 e. The summed E-state index contributed by atoms with van der Waals surface area (Å²) in [6.07, 6.45) is 0. The predicted octanol–water partition coefficient (Wildman–Crippen LogP) is 2.29. The number of nitrogen functional groups attached to an aromatic ring is 1. The molecule has 1 amide bonds. The van der Waals surface area contributed by atoms with Gasteiger partial charge < -0.3 is 5.73 Å². The molecule has 16 heavy (non-hydrogen) atoms. The molecule has 0 aliphatic heterocycles. The van der Waals surface area contributed by atoms with Crippen molar-refractivity contribution in [2.45, 2.75) is 6.92 Å². The third-order valence-corrected chi connectivity index (χ3v) is 2.80. The fourth-order valence-electron chi connectivity index (χ4n) is 1.30. The fourth-order valence-corrected chi connectivity index (χ4v) is 1.89. The summed E-state index contributed by atoms with van der Waals surface area (Å²) in [5, 5.41) is 4.90. The lowest BCUT2D eigenvalue weighted by Crippen LogP contribution is -2.11. The highest BCUT2D eigenvalue weighted by atomic mass is 32.1. The highest BCUT2D eigenvalue weighted by Crippen LogP contribution is 2.17. The van der Waals surface area contributed by atoms with Crippen molar-refractivity contribution >= 4 is 28.2 Å². The molecule has 0 unspecified atom stereocenters. The highest BCUT2D eigenvalue weighted by Gasteiger charge is 2.07. The van der Waals surface area contributed by atoms with E-state index in [1.807, 2.05) is 25.1 Å². The number of amides is 1. The number of rotatable bonds is 2. The maximum atomic E-state index is 11.8. The third kappa shape index (κ3) is 2.38. The SMILES string of the molecule is Cc1cccc(C(=O)Nc2nc(N)cs2)c1. The Hall–Kier alpha value is -1.88. The van der Waals surface area contributed by atoms with Gasteiger partial charge in [0.05, 0.1) is 0 Å². The molecule has 0 radical (unpaired) electrons. The molecule has 4 nitrogen and oxygen atoms in total. The summed E-state index contributed by atoms with van der Waals surface area (Å²) in [4.78, 5) is 15.8. The monoisotopic (exact) mass is 233 g/mol. The lowest BCUT2D eigenvalue weighted by molar-refractivity contribution is 0.102. The van der Waals surface area contributed by atoms with Gasteiger partial charge in [0.25, 0.3) is 5.91 Å². The molecule has 0 aliphatic rings. The second kappa shape index (κ2) is 4.32. The summed E-state index contributed by atoms with van der Waals surface area (Å²) in [7, 11) is 0. The van der Waals surface area contributed by atoms with Crippen LogP contribution < -0.4 is 11.1 Å². The van der Waals surface area contributed by atoms with Crippen molar-refractivity contribution in [1.82, 2.24) is 4.98 Å². The van der Waals surface area contributed by atoms with Crippen molar-refractivity contribution in [3.8, 4) is 0 Å². The maximum Gasteiger partial charge on any atom is 0.257 e. The van der Waals surface area contributed by atoms with Crippen LogP contribution in [-0.2, 0) is 0 Å². The smallest absolute Gasteiger partial charge is 0.257 e. The van der Waals surface area contributed by atoms with Gasteiger partial charge in [-0.1, -0.05) is 17.7 Å². The summed E-state index contributed by atoms with van der Waals surface area (Å²) in [5.74, 6) is 0.252. The zero-order valence-electron chi connectivity index (χ0n) is 8.73. The van der Waals surface area contributed by atoms with Crippen molar-refractivity contribution in [3.05, 3.63) is 40.8 Å². The Kier molecular flexibility index (Phi) is 2.87. The van der Waals surface area contributed by atoms with Crippen LogP contribution in [-0.4, -0.2) is 10.9 Å². The van der Waals surface area contributed by atoms with Crippen LogP contribution in [0.4, 0.5) is 10.9 Å². The minimum absolute atomic E-state index is 0.168. The molecule has 3 N–H and O–H groups in total. The number of thiazole rings is 1. The number of nitrogens with one attached hydrogen (secondary N) is 1. The topological polar surface area (TPSA) is 68.0 Å². The number of carbonyl (C=O) groups is 1. The predicted molar refractivity (Wildman–Crippen MR) is 65.7 cm³/mol. The summed E-state index contributed by atoms with van der Waals surface area (Å²) in [6, 6.07) is 7.38. The van der Waals surface area contributed by atoms with E-state index in [1.165, 1.54) is 11.3 Å². The van der Waals surface area contributed by atoms with Crippen LogP contribution in [0.3, 0.4) is 0 Å². The second-order valence-corrected chi connectivity index (χ2v) is 4.26. The Bertz CT molecular complexity index is 521. The van der Waals surface area contributed by atoms with E-state index in [1.54, 1.807) is 11.4 Å². The van der Waals surface area contributed by atoms with Crippen LogP contribution in [0, 0.1) is 6.92 Å². The van der Waals surface area contributed by atoms with Gasteiger partial charge in [0.15, 0.2) is 5.13 Å². The van der Waals surface area contributed by atoms with Crippen LogP contribution in [0.1, 0.15) is 15.9 Å². The van der Waals surface area contributed by atoms with Gasteiger partial charge in [-0.05, 0) is 19.1 Å². The number of anilines is 2. The Balaban J connectivity index is 2.14. The molecule has 1 heterocycles. The molecule has 0 atom stereocenters. The standard InChI is InChI=1S/C11H11N3OS/c1-7-3-2-4-8(5-7)10(15)14-11-13-9(12)6-16-11/h2-6H,12H2,1H3,(H,13,14,15). The first kappa shape index (κ1) is 10.6. The Labute approximate surface area is 97.1 Å². The number of hydrogen-bond donors (Lipinski definition) is 2. The molecule has 0 bridgehead atoms. The Morgan fingerprint density at radius 2 is 2.31 bits per heavy atom. The lowest BCUT2D eigenvalue weighted by atomic mass is 10.1. The summed E-state index contributed by atoms with van der Waals surface area (Å²) in [6.45, 7) is 1.94. The van der Waals surface area contributed by atoms with Crippen molar-refractivity contribution < 1.29 is 4.79 Å². The quantitative estimate of drug-likeness (QED) is 0.836. The maximum absolute atomic E-state index is 11.8. The van der Waals surface area contributed by atoms with Crippen LogP contribution in [0.15, 0.2) is 29.6 Å². The summed E-state index contributed by atoms with van der Waals surface area (Å²) < 4.78 is 0. The van der Waals surface area contributed by atoms with Crippen molar-refractivity contribution in [1.29, 1.82) is 0 Å². The van der Waals surface area contributed by atoms with E-state index < -0.39 is 0 Å². The summed E-state index contributed by atoms with van der Waals surface area (Å²) in [5.41, 5.74) is 7.13. The van der Waals surface area contributed by atoms with Crippen molar-refractivity contribution in [2.75, 3.05) is 11.1 Å². The molecule has 0 spiro atoms. The average molecular weight is 233 g/mol. The van der Waals surface area contributed by atoms with E-state index in [4.69, 9.17) is 5.73 Å². The molecule has 0 aliphatic carbocycles. The lowest BCUT2D eigenvalue weighted by Gasteiger charge is -2.02. The second-order valence-electron chi connectivity index (χ2n) is 3.40. The molecule has 1 aromatic carbocycles. The van der Waals surface area contributed by atoms with E-state index in [-0.39, 0.29) is 5.91 Å². The van der Waals surface area contributed by atoms with Crippen LogP contribution in [0.5, 0.6) is 0 Å². The van der Waals surface area contributed by atoms with E-state index in [9.17, 15) is 4.79 Å². The molecule has 2 aromatic rings. The number of aryl methyl sites for hydroxylation is 1. The molecular formula is C11H11N3OS. The molecule has 82 valence electrons. The average Bonchev–Trinajstić information content (AvgIpc) is 2.64. The first-order chi connectivity index (χ1) is 7.65. The van der Waals surface area contributed by atoms with Crippen molar-refractivity contribution in [2.24, 2.45) is 0 Å². The van der Waals surface area contributed by atoms with Gasteiger partial charge in [0.2, 0.25) is 0 Å². The third-order valence-electron chi connectivity index (χ3n) is 2.02. The first-order valence-corrected chi connectivity index (χ1v) is 5.62. The van der Waals surface area contributed by atoms with Gasteiger partial charge in [0, 0.05) is 10.9 Å². The molecule has 0 saturated carbocycles. The molecule has 0 saturated heterocycles. The number of nitrogens with two attached hydrogens (primary N) is 1. The molecular weight excluding hydrogens is 222 g/mol. The number of aromatic nitrogens is 1. The van der Waals surface area contributed by atoms with E-state index in [0.29, 0.717) is 16.5 Å². The number of benzene rings is 1. The van der Waals surface area contributed by atoms with E-state index >= 15 is 0 Å². The van der Waals surface area contributed by atoms with Gasteiger partial charge in [-0.3, -0.25) is 10.1 Å². The Morgan fingerprint density at radius 3 is 2.94 bits per heavy atom. The zero-order valence-corrected chi connectivity index (χ0v) is 9.54. The summed E-state index contributed by atoms with van der Waals surface area (Å²) >= 11 is 1.31. The highest BCUT2D eigenvalue weighted by molar-refractivity contribution is 7.14. The first-order valence-electron chi connectivity index (χ1n) is 4.74. The minimum atomic E-state index is -0.168. The van der Waals surface area contributed by atoms with E-state index in [0.717, 1.165) is 5.56 Å². The van der Waals surface area contributed by atoms with Crippen LogP contribution in [0.25, 0.3) is 0 Å². The van der Waals surface area contributed by atoms with Gasteiger partial charge in [-0.25, -0.2) is 4.98 Å². The van der Waals surface area contributed by atoms with Gasteiger partial charge in [-0.15, -0.1) is 11.3 Å². The Morgan fingerprint density at radius 1 is 1.50 bits per heavy atom. The normalized spacial score (nSPS) is 10.1. The number of nitrogens with zero attached hydrogens (tertiary/aromatic N) is 1.